The molecule has 0 aliphatic carbocycles. The summed E-state index contributed by atoms with van der Waals surface area (Å²) in [5.74, 6) is -0.0574. The molecule has 4 rings (SSSR count). The Balaban J connectivity index is 1.42. The molecule has 0 bridgehead atoms. The van der Waals surface area contributed by atoms with Crippen molar-refractivity contribution in [1.29, 1.82) is 0 Å². The van der Waals surface area contributed by atoms with E-state index in [1.54, 1.807) is 67.8 Å². The Morgan fingerprint density at radius 2 is 1.75 bits per heavy atom. The Bertz CT molecular complexity index is 1270. The molecule has 3 aromatic rings. The average Bonchev–Trinajstić information content (AvgIpc) is 2.90. The number of hydrogen-bond acceptors (Lipinski definition) is 7. The molecule has 0 saturated carbocycles. The predicted octanol–water partition coefficient (Wildman–Crippen LogP) is 4.27. The summed E-state index contributed by atoms with van der Waals surface area (Å²) in [5.41, 5.74) is 8.32. The van der Waals surface area contributed by atoms with E-state index < -0.39 is 0 Å². The lowest BCUT2D eigenvalue weighted by Gasteiger charge is -2.31. The summed E-state index contributed by atoms with van der Waals surface area (Å²) >= 11 is 0. The molecule has 0 atom stereocenters. The normalized spacial score (nSPS) is 14.2. The number of carbonyl (C=O) groups excluding carboxylic acids is 2. The van der Waals surface area contributed by atoms with Gasteiger partial charge in [0, 0.05) is 35.2 Å². The van der Waals surface area contributed by atoms with Crippen molar-refractivity contribution in [2.45, 2.75) is 19.4 Å². The van der Waals surface area contributed by atoms with Gasteiger partial charge in [0.25, 0.3) is 5.69 Å². The molecule has 3 aromatic carbocycles. The second-order valence-electron chi connectivity index (χ2n) is 8.75. The van der Waals surface area contributed by atoms with E-state index >= 15 is 0 Å². The highest BCUT2D eigenvalue weighted by Gasteiger charge is 2.28. The molecule has 1 aliphatic rings. The van der Waals surface area contributed by atoms with Crippen LogP contribution in [-0.4, -0.2) is 41.7 Å². The number of carbonyl (C=O) groups is 2. The summed E-state index contributed by atoms with van der Waals surface area (Å²) in [6, 6.07) is 18.4. The lowest BCUT2D eigenvalue weighted by Crippen LogP contribution is -2.38. The first kappa shape index (κ1) is 24.9. The first-order valence-electron chi connectivity index (χ1n) is 11.7. The number of ketones is 1. The molecular weight excluding hydrogens is 460 g/mol. The molecule has 0 aromatic heterocycles. The Kier molecular flexibility index (Phi) is 7.60. The summed E-state index contributed by atoms with van der Waals surface area (Å²) < 4.78 is 5.15. The molecule has 36 heavy (non-hydrogen) atoms. The molecule has 1 amide bonds. The van der Waals surface area contributed by atoms with Crippen LogP contribution in [-0.2, 0) is 11.3 Å². The van der Waals surface area contributed by atoms with Gasteiger partial charge < -0.3 is 15.8 Å². The monoisotopic (exact) mass is 488 g/mol. The second kappa shape index (κ2) is 11.0. The van der Waals surface area contributed by atoms with Gasteiger partial charge in [-0.1, -0.05) is 24.3 Å². The number of piperidine rings is 1. The van der Waals surface area contributed by atoms with Crippen LogP contribution < -0.4 is 15.8 Å². The predicted molar refractivity (Wildman–Crippen MR) is 137 cm³/mol. The van der Waals surface area contributed by atoms with E-state index in [9.17, 15) is 19.7 Å². The van der Waals surface area contributed by atoms with Crippen LogP contribution in [0.15, 0.2) is 66.7 Å². The SMILES string of the molecule is COc1ccc(C(=O)c2cccc(N)c2NC(=O)C2CCN(Cc3ccccc3[N+](=O)[O-])CC2)cc1. The number of methoxy groups -OCH3 is 1. The van der Waals surface area contributed by atoms with Crippen LogP contribution >= 0.6 is 0 Å². The number of nitro groups is 1. The maximum absolute atomic E-state index is 13.2. The van der Waals surface area contributed by atoms with E-state index in [4.69, 9.17) is 10.5 Å². The van der Waals surface area contributed by atoms with Gasteiger partial charge in [0.05, 0.1) is 23.4 Å². The van der Waals surface area contributed by atoms with Crippen LogP contribution in [0.4, 0.5) is 17.1 Å². The minimum Gasteiger partial charge on any atom is -0.497 e. The van der Waals surface area contributed by atoms with Crippen molar-refractivity contribution in [1.82, 2.24) is 4.90 Å². The number of rotatable bonds is 8. The van der Waals surface area contributed by atoms with E-state index in [2.05, 4.69) is 10.2 Å². The fourth-order valence-electron chi connectivity index (χ4n) is 4.44. The van der Waals surface area contributed by atoms with Crippen LogP contribution in [0, 0.1) is 16.0 Å². The van der Waals surface area contributed by atoms with Gasteiger partial charge in [-0.15, -0.1) is 0 Å². The van der Waals surface area contributed by atoms with Gasteiger partial charge in [-0.25, -0.2) is 0 Å². The van der Waals surface area contributed by atoms with Gasteiger partial charge in [0.2, 0.25) is 5.91 Å². The van der Waals surface area contributed by atoms with Gasteiger partial charge in [-0.3, -0.25) is 24.6 Å². The zero-order valence-corrected chi connectivity index (χ0v) is 20.0. The zero-order chi connectivity index (χ0) is 25.7. The number of nitrogens with one attached hydrogen (secondary N) is 1. The summed E-state index contributed by atoms with van der Waals surface area (Å²) in [6.07, 6.45) is 1.20. The molecule has 1 saturated heterocycles. The van der Waals surface area contributed by atoms with Crippen molar-refractivity contribution >= 4 is 28.8 Å². The number of likely N-dealkylation sites (tertiary alicyclic amines) is 1. The molecule has 1 heterocycles. The van der Waals surface area contributed by atoms with Crippen molar-refractivity contribution in [3.05, 3.63) is 93.5 Å². The van der Waals surface area contributed by atoms with Gasteiger partial charge in [0.1, 0.15) is 5.75 Å². The summed E-state index contributed by atoms with van der Waals surface area (Å²) in [7, 11) is 1.55. The molecular formula is C27H28N4O5. The number of ether oxygens (including phenoxy) is 1. The molecule has 9 heteroatoms. The molecule has 186 valence electrons. The van der Waals surface area contributed by atoms with Gasteiger partial charge >= 0.3 is 0 Å². The highest BCUT2D eigenvalue weighted by Crippen LogP contribution is 2.29. The third kappa shape index (κ3) is 5.52. The number of nitro benzene ring substituents is 1. The Morgan fingerprint density at radius 1 is 1.06 bits per heavy atom. The fraction of sp³-hybridized carbons (Fsp3) is 0.259. The van der Waals surface area contributed by atoms with Crippen molar-refractivity contribution in [2.75, 3.05) is 31.2 Å². The Hall–Kier alpha value is -4.24. The number of amides is 1. The van der Waals surface area contributed by atoms with E-state index in [-0.39, 0.29) is 28.2 Å². The van der Waals surface area contributed by atoms with Crippen molar-refractivity contribution in [3.63, 3.8) is 0 Å². The Labute approximate surface area is 209 Å². The topological polar surface area (TPSA) is 128 Å². The maximum Gasteiger partial charge on any atom is 0.273 e. The molecule has 9 nitrogen and oxygen atoms in total. The highest BCUT2D eigenvalue weighted by atomic mass is 16.6. The van der Waals surface area contributed by atoms with E-state index in [1.807, 2.05) is 0 Å². The smallest absolute Gasteiger partial charge is 0.273 e. The molecule has 1 fully saturated rings. The third-order valence-electron chi connectivity index (χ3n) is 6.48. The number of anilines is 2. The lowest BCUT2D eigenvalue weighted by atomic mass is 9.94. The molecule has 3 N–H and O–H groups in total. The van der Waals surface area contributed by atoms with Crippen molar-refractivity contribution in [2.24, 2.45) is 5.92 Å². The number of benzene rings is 3. The van der Waals surface area contributed by atoms with E-state index in [1.165, 1.54) is 6.07 Å². The zero-order valence-electron chi connectivity index (χ0n) is 20.0. The van der Waals surface area contributed by atoms with Crippen molar-refractivity contribution in [3.8, 4) is 5.75 Å². The van der Waals surface area contributed by atoms with Gasteiger partial charge in [-0.05, 0) is 62.3 Å². The quantitative estimate of drug-likeness (QED) is 0.210. The number of hydrogen-bond donors (Lipinski definition) is 2. The van der Waals surface area contributed by atoms with E-state index in [0.717, 1.165) is 0 Å². The highest BCUT2D eigenvalue weighted by molar-refractivity contribution is 6.15. The Morgan fingerprint density at radius 3 is 2.42 bits per heavy atom. The lowest BCUT2D eigenvalue weighted by molar-refractivity contribution is -0.385. The largest absolute Gasteiger partial charge is 0.497 e. The minimum absolute atomic E-state index is 0.103. The van der Waals surface area contributed by atoms with Crippen LogP contribution in [0.5, 0.6) is 5.75 Å². The number of nitrogen functional groups attached to an aromatic ring is 1. The second-order valence-corrected chi connectivity index (χ2v) is 8.75. The summed E-state index contributed by atoms with van der Waals surface area (Å²) in [6.45, 7) is 1.72. The number of nitrogens with two attached hydrogens (primary N) is 1. The first-order chi connectivity index (χ1) is 17.4. The van der Waals surface area contributed by atoms with Crippen LogP contribution in [0.2, 0.25) is 0 Å². The van der Waals surface area contributed by atoms with Crippen LogP contribution in [0.25, 0.3) is 0 Å². The molecule has 0 radical (unpaired) electrons. The van der Waals surface area contributed by atoms with Crippen molar-refractivity contribution < 1.29 is 19.2 Å². The summed E-state index contributed by atoms with van der Waals surface area (Å²) in [4.78, 5) is 39.3. The number of para-hydroxylation sites is 2. The van der Waals surface area contributed by atoms with Crippen LogP contribution in [0.3, 0.4) is 0 Å². The number of nitrogens with zero attached hydrogens (tertiary/aromatic N) is 2. The fourth-order valence-corrected chi connectivity index (χ4v) is 4.44. The van der Waals surface area contributed by atoms with E-state index in [0.29, 0.717) is 66.3 Å². The first-order valence-corrected chi connectivity index (χ1v) is 11.7. The summed E-state index contributed by atoms with van der Waals surface area (Å²) in [5, 5.41) is 14.2. The molecule has 0 spiro atoms. The van der Waals surface area contributed by atoms with Gasteiger partial charge in [-0.2, -0.15) is 0 Å². The third-order valence-corrected chi connectivity index (χ3v) is 6.48. The minimum atomic E-state index is -0.370. The maximum atomic E-state index is 13.2. The van der Waals surface area contributed by atoms with Crippen LogP contribution in [0.1, 0.15) is 34.3 Å². The standard InChI is InChI=1S/C27H28N4O5/c1-36-21-11-9-18(10-12-21)26(32)22-6-4-7-23(28)25(22)29-27(33)19-13-15-30(16-14-19)17-20-5-2-3-8-24(20)31(34)35/h2-12,19H,13-17,28H2,1H3,(H,29,33). The molecule has 0 unspecified atom stereocenters. The van der Waals surface area contributed by atoms with Gasteiger partial charge in [0.15, 0.2) is 5.78 Å². The molecule has 1 aliphatic heterocycles. The average molecular weight is 489 g/mol.